The number of carbonyl (C=O) groups is 1. The molecule has 0 aliphatic rings. The van der Waals surface area contributed by atoms with Crippen molar-refractivity contribution in [3.05, 3.63) is 0 Å². The first kappa shape index (κ1) is 17.4. The Bertz CT molecular complexity index is 13.5. The first-order chi connectivity index (χ1) is 1.00. The molecule has 0 aromatic carbocycles. The van der Waals surface area contributed by atoms with Gasteiger partial charge in [0.2, 0.25) is 0 Å². The predicted octanol–water partition coefficient (Wildman–Crippen LogP) is -0.343. The monoisotopic (exact) mass is 120 g/mol. The van der Waals surface area contributed by atoms with Crippen LogP contribution in [0.4, 0.5) is 0 Å². The molecule has 0 aromatic heterocycles. The average Bonchev–Trinajstić information content (AvgIpc) is 1.00. The van der Waals surface area contributed by atoms with Crippen LogP contribution in [0.15, 0.2) is 0 Å². The van der Waals surface area contributed by atoms with E-state index in [4.69, 9.17) is 4.79 Å². The summed E-state index contributed by atoms with van der Waals surface area (Å²) in [5, 5.41) is 0. The van der Waals surface area contributed by atoms with Gasteiger partial charge in [-0.15, -0.1) is 0 Å². The zero-order valence-corrected chi connectivity index (χ0v) is 6.09. The third-order valence-corrected chi connectivity index (χ3v) is 0. The summed E-state index contributed by atoms with van der Waals surface area (Å²) >= 11 is 0. The molecule has 0 unspecified atom stereocenters. The van der Waals surface area contributed by atoms with E-state index in [1.54, 1.807) is 0 Å². The van der Waals surface area contributed by atoms with Crippen LogP contribution >= 0.6 is 0 Å². The molecular formula is CH4CaOTi. The minimum Gasteiger partial charge on any atom is -1.00 e. The summed E-state index contributed by atoms with van der Waals surface area (Å²) in [6, 6.07) is 0. The van der Waals surface area contributed by atoms with Crippen molar-refractivity contribution >= 4 is 44.5 Å². The molecule has 0 bridgehead atoms. The quantitative estimate of drug-likeness (QED) is 0.399. The standard InChI is InChI=1S/CH2O.Ca.Ti.2H/c1-2;;;;/h1H2;;;;/q;+2;;2*-1. The maximum atomic E-state index is 8.00. The minimum atomic E-state index is 0. The molecule has 20 valence electrons. The fourth-order valence-corrected chi connectivity index (χ4v) is 0. The molecule has 0 amide bonds. The summed E-state index contributed by atoms with van der Waals surface area (Å²) < 4.78 is 0. The van der Waals surface area contributed by atoms with Gasteiger partial charge in [-0.05, 0) is 0 Å². The van der Waals surface area contributed by atoms with Crippen molar-refractivity contribution in [2.75, 3.05) is 0 Å². The number of hydrogen-bond donors (Lipinski definition) is 0. The van der Waals surface area contributed by atoms with E-state index in [2.05, 4.69) is 0 Å². The van der Waals surface area contributed by atoms with Crippen LogP contribution in [0.5, 0.6) is 0 Å². The van der Waals surface area contributed by atoms with Crippen LogP contribution in [0.2, 0.25) is 0 Å². The molecule has 3 heteroatoms. The van der Waals surface area contributed by atoms with Gasteiger partial charge in [-0.3, -0.25) is 0 Å². The van der Waals surface area contributed by atoms with Crippen molar-refractivity contribution in [3.8, 4) is 0 Å². The Morgan fingerprint density at radius 2 is 1.50 bits per heavy atom. The van der Waals surface area contributed by atoms with Crippen LogP contribution in [-0.2, 0) is 26.5 Å². The van der Waals surface area contributed by atoms with Crippen molar-refractivity contribution in [3.63, 3.8) is 0 Å². The Kier molecular flexibility index (Phi) is 99.3. The normalized spacial score (nSPS) is 1.00. The summed E-state index contributed by atoms with van der Waals surface area (Å²) in [6.45, 7) is 2.00. The van der Waals surface area contributed by atoms with Gasteiger partial charge in [0.25, 0.3) is 0 Å². The maximum Gasteiger partial charge on any atom is 2.00 e. The van der Waals surface area contributed by atoms with Gasteiger partial charge in [-0.1, -0.05) is 0 Å². The average molecular weight is 120 g/mol. The van der Waals surface area contributed by atoms with Gasteiger partial charge in [-0.2, -0.15) is 0 Å². The first-order valence-electron chi connectivity index (χ1n) is 0.289. The Hall–Kier alpha value is 1.64. The zero-order valence-electron chi connectivity index (χ0n) is 4.32. The van der Waals surface area contributed by atoms with E-state index < -0.39 is 0 Å². The number of hydrogen-bond acceptors (Lipinski definition) is 1. The molecule has 0 aliphatic carbocycles. The van der Waals surface area contributed by atoms with Gasteiger partial charge >= 0.3 is 37.7 Å². The van der Waals surface area contributed by atoms with Crippen LogP contribution in [0.1, 0.15) is 2.85 Å². The van der Waals surface area contributed by atoms with Crippen molar-refractivity contribution in [2.24, 2.45) is 0 Å². The van der Waals surface area contributed by atoms with Crippen LogP contribution < -0.4 is 0 Å². The molecule has 0 spiro atoms. The van der Waals surface area contributed by atoms with E-state index in [-0.39, 0.29) is 62.3 Å². The second-order valence-electron chi connectivity index (χ2n) is 0. The van der Waals surface area contributed by atoms with Gasteiger partial charge in [0, 0.05) is 21.7 Å². The molecule has 0 atom stereocenters. The molecular weight excluding hydrogens is 116 g/mol. The Labute approximate surface area is 73.0 Å². The van der Waals surface area contributed by atoms with Crippen LogP contribution in [0, 0.1) is 0 Å². The second-order valence-corrected chi connectivity index (χ2v) is 0. The van der Waals surface area contributed by atoms with Crippen LogP contribution in [0.25, 0.3) is 0 Å². The van der Waals surface area contributed by atoms with Gasteiger partial charge in [-0.25, -0.2) is 0 Å². The smallest absolute Gasteiger partial charge is 1.00 e. The molecule has 0 radical (unpaired) electrons. The van der Waals surface area contributed by atoms with Gasteiger partial charge < -0.3 is 7.65 Å². The summed E-state index contributed by atoms with van der Waals surface area (Å²) in [5.41, 5.74) is 0. The zero-order chi connectivity index (χ0) is 2.00. The predicted molar refractivity (Wildman–Crippen MR) is 15.1 cm³/mol. The van der Waals surface area contributed by atoms with Crippen molar-refractivity contribution in [2.45, 2.75) is 0 Å². The fraction of sp³-hybridized carbons (Fsp3) is 0. The van der Waals surface area contributed by atoms with Crippen molar-refractivity contribution in [1.82, 2.24) is 0 Å². The number of carbonyl (C=O) groups excluding carboxylic acids is 1. The third kappa shape index (κ3) is 9.43. The van der Waals surface area contributed by atoms with Gasteiger partial charge in [0.1, 0.15) is 6.79 Å². The van der Waals surface area contributed by atoms with Gasteiger partial charge in [0.15, 0.2) is 0 Å². The van der Waals surface area contributed by atoms with Crippen LogP contribution in [-0.4, -0.2) is 44.5 Å². The third-order valence-electron chi connectivity index (χ3n) is 0. The molecule has 0 N–H and O–H groups in total. The van der Waals surface area contributed by atoms with E-state index in [1.165, 1.54) is 0 Å². The summed E-state index contributed by atoms with van der Waals surface area (Å²) in [5.74, 6) is 0. The van der Waals surface area contributed by atoms with Crippen molar-refractivity contribution in [1.29, 1.82) is 0 Å². The Morgan fingerprint density at radius 1 is 1.50 bits per heavy atom. The Morgan fingerprint density at radius 3 is 1.50 bits per heavy atom. The molecule has 0 fully saturated rings. The molecule has 0 rings (SSSR count). The number of rotatable bonds is 0. The van der Waals surface area contributed by atoms with E-state index >= 15 is 0 Å². The molecule has 0 saturated heterocycles. The summed E-state index contributed by atoms with van der Waals surface area (Å²) in [6.07, 6.45) is 0. The molecule has 0 saturated carbocycles. The second kappa shape index (κ2) is 22.8. The maximum absolute atomic E-state index is 8.00. The minimum absolute atomic E-state index is 0. The molecule has 1 nitrogen and oxygen atoms in total. The van der Waals surface area contributed by atoms with Crippen molar-refractivity contribution < 1.29 is 29.4 Å². The topological polar surface area (TPSA) is 17.1 Å². The van der Waals surface area contributed by atoms with E-state index in [9.17, 15) is 0 Å². The molecule has 4 heavy (non-hydrogen) atoms. The summed E-state index contributed by atoms with van der Waals surface area (Å²) in [4.78, 5) is 8.00. The molecule has 0 aromatic rings. The molecule has 0 heterocycles. The largest absolute Gasteiger partial charge is 2.00 e. The van der Waals surface area contributed by atoms with Gasteiger partial charge in [0.05, 0.1) is 0 Å². The SMILES string of the molecule is C=O.[Ca+2].[H-].[H-].[Ti]. The Balaban J connectivity index is -0.000000000833. The van der Waals surface area contributed by atoms with E-state index in [0.29, 0.717) is 0 Å². The van der Waals surface area contributed by atoms with E-state index in [0.717, 1.165) is 0 Å². The molecule has 0 aliphatic heterocycles. The first-order valence-corrected chi connectivity index (χ1v) is 0.289. The summed E-state index contributed by atoms with van der Waals surface area (Å²) in [7, 11) is 0. The fourth-order valence-electron chi connectivity index (χ4n) is 0. The van der Waals surface area contributed by atoms with Crippen LogP contribution in [0.3, 0.4) is 0 Å². The van der Waals surface area contributed by atoms with E-state index in [1.807, 2.05) is 6.79 Å².